The summed E-state index contributed by atoms with van der Waals surface area (Å²) in [5.41, 5.74) is 4.92. The average molecular weight is 236 g/mol. The third-order valence-electron chi connectivity index (χ3n) is 1.39. The Balaban J connectivity index is 2.88. The summed E-state index contributed by atoms with van der Waals surface area (Å²) in [6.45, 7) is -1.53. The van der Waals surface area contributed by atoms with Crippen molar-refractivity contribution in [2.45, 2.75) is 6.18 Å². The molecular weight excluding hydrogens is 229 g/mol. The molecule has 0 radical (unpaired) electrons. The summed E-state index contributed by atoms with van der Waals surface area (Å²) in [4.78, 5) is 7.07. The van der Waals surface area contributed by atoms with Gasteiger partial charge in [0, 0.05) is 12.4 Å². The van der Waals surface area contributed by atoms with Crippen LogP contribution < -0.4 is 10.5 Å². The zero-order chi connectivity index (χ0) is 12.2. The number of hydrogen-bond donors (Lipinski definition) is 2. The molecule has 1 aromatic rings. The lowest BCUT2D eigenvalue weighted by molar-refractivity contribution is -0.154. The minimum atomic E-state index is -4.50. The number of oxime groups is 1. The van der Waals surface area contributed by atoms with Gasteiger partial charge in [0.05, 0.1) is 0 Å². The van der Waals surface area contributed by atoms with Gasteiger partial charge in [-0.3, -0.25) is 0 Å². The molecule has 3 N–H and O–H groups in total. The van der Waals surface area contributed by atoms with Crippen LogP contribution in [-0.4, -0.2) is 33.8 Å². The Hall–Kier alpha value is -2.06. The van der Waals surface area contributed by atoms with Gasteiger partial charge >= 0.3 is 6.18 Å². The molecular formula is C7H7F3N4O2. The number of nitrogens with two attached hydrogens (primary N) is 1. The average Bonchev–Trinajstić information content (AvgIpc) is 2.25. The lowest BCUT2D eigenvalue weighted by Gasteiger charge is -2.09. The molecule has 0 unspecified atom stereocenters. The van der Waals surface area contributed by atoms with Gasteiger partial charge in [0.2, 0.25) is 5.88 Å². The van der Waals surface area contributed by atoms with Gasteiger partial charge in [-0.1, -0.05) is 5.16 Å². The minimum Gasteiger partial charge on any atom is -0.466 e. The molecule has 0 aliphatic rings. The number of alkyl halides is 3. The predicted octanol–water partition coefficient (Wildman–Crippen LogP) is 0.512. The van der Waals surface area contributed by atoms with E-state index in [1.165, 1.54) is 6.20 Å². The van der Waals surface area contributed by atoms with Crippen LogP contribution in [0.1, 0.15) is 5.69 Å². The van der Waals surface area contributed by atoms with E-state index in [2.05, 4.69) is 19.9 Å². The van der Waals surface area contributed by atoms with Gasteiger partial charge in [-0.05, 0) is 0 Å². The van der Waals surface area contributed by atoms with Crippen LogP contribution in [0.3, 0.4) is 0 Å². The Morgan fingerprint density at radius 3 is 2.62 bits per heavy atom. The zero-order valence-electron chi connectivity index (χ0n) is 7.77. The van der Waals surface area contributed by atoms with Crippen molar-refractivity contribution in [3.8, 4) is 5.88 Å². The van der Waals surface area contributed by atoms with Crippen molar-refractivity contribution < 1.29 is 23.1 Å². The van der Waals surface area contributed by atoms with E-state index in [0.717, 1.165) is 6.20 Å². The van der Waals surface area contributed by atoms with Crippen LogP contribution in [0.4, 0.5) is 13.2 Å². The molecule has 1 heterocycles. The van der Waals surface area contributed by atoms with Crippen molar-refractivity contribution in [3.05, 3.63) is 18.1 Å². The second kappa shape index (κ2) is 4.64. The van der Waals surface area contributed by atoms with E-state index < -0.39 is 24.5 Å². The summed E-state index contributed by atoms with van der Waals surface area (Å²) < 4.78 is 40.0. The van der Waals surface area contributed by atoms with E-state index >= 15 is 0 Å². The zero-order valence-corrected chi connectivity index (χ0v) is 7.77. The molecule has 0 bridgehead atoms. The quantitative estimate of drug-likeness (QED) is 0.345. The fourth-order valence-electron chi connectivity index (χ4n) is 0.804. The van der Waals surface area contributed by atoms with Crippen LogP contribution in [0.5, 0.6) is 5.88 Å². The molecule has 0 aliphatic heterocycles. The maximum atomic E-state index is 11.9. The predicted molar refractivity (Wildman–Crippen MR) is 46.1 cm³/mol. The van der Waals surface area contributed by atoms with E-state index in [1.807, 2.05) is 0 Å². The fraction of sp³-hybridized carbons (Fsp3) is 0.286. The summed E-state index contributed by atoms with van der Waals surface area (Å²) in [6, 6.07) is 0. The van der Waals surface area contributed by atoms with Crippen LogP contribution in [0.2, 0.25) is 0 Å². The number of hydrogen-bond acceptors (Lipinski definition) is 5. The molecule has 16 heavy (non-hydrogen) atoms. The molecule has 0 fully saturated rings. The summed E-state index contributed by atoms with van der Waals surface area (Å²) in [7, 11) is 0. The summed E-state index contributed by atoms with van der Waals surface area (Å²) in [5, 5.41) is 11.0. The maximum Gasteiger partial charge on any atom is 0.422 e. The van der Waals surface area contributed by atoms with Crippen LogP contribution in [-0.2, 0) is 0 Å². The van der Waals surface area contributed by atoms with Crippen molar-refractivity contribution >= 4 is 5.84 Å². The molecule has 0 saturated carbocycles. The van der Waals surface area contributed by atoms with E-state index in [9.17, 15) is 13.2 Å². The highest BCUT2D eigenvalue weighted by Crippen LogP contribution is 2.18. The van der Waals surface area contributed by atoms with Crippen molar-refractivity contribution in [1.82, 2.24) is 9.97 Å². The van der Waals surface area contributed by atoms with Gasteiger partial charge in [-0.2, -0.15) is 13.2 Å². The number of halogens is 3. The third-order valence-corrected chi connectivity index (χ3v) is 1.39. The lowest BCUT2D eigenvalue weighted by Crippen LogP contribution is -2.23. The van der Waals surface area contributed by atoms with Crippen LogP contribution in [0, 0.1) is 0 Å². The largest absolute Gasteiger partial charge is 0.466 e. The first-order chi connectivity index (χ1) is 7.44. The Morgan fingerprint density at radius 1 is 1.44 bits per heavy atom. The number of rotatable bonds is 3. The van der Waals surface area contributed by atoms with E-state index in [4.69, 9.17) is 10.9 Å². The second-order valence-corrected chi connectivity index (χ2v) is 2.60. The Morgan fingerprint density at radius 2 is 2.06 bits per heavy atom. The van der Waals surface area contributed by atoms with E-state index in [1.54, 1.807) is 0 Å². The van der Waals surface area contributed by atoms with Crippen LogP contribution >= 0.6 is 0 Å². The monoisotopic (exact) mass is 236 g/mol. The highest BCUT2D eigenvalue weighted by molar-refractivity contribution is 5.97. The van der Waals surface area contributed by atoms with Gasteiger partial charge in [0.1, 0.15) is 0 Å². The summed E-state index contributed by atoms with van der Waals surface area (Å²) in [5.74, 6) is -0.930. The Bertz CT molecular complexity index is 393. The van der Waals surface area contributed by atoms with Crippen molar-refractivity contribution in [3.63, 3.8) is 0 Å². The van der Waals surface area contributed by atoms with E-state index in [-0.39, 0.29) is 5.69 Å². The van der Waals surface area contributed by atoms with Gasteiger partial charge in [-0.15, -0.1) is 0 Å². The molecule has 88 valence electrons. The van der Waals surface area contributed by atoms with Crippen LogP contribution in [0.15, 0.2) is 17.5 Å². The number of aromatic nitrogens is 2. The van der Waals surface area contributed by atoms with Gasteiger partial charge in [0.15, 0.2) is 18.1 Å². The first kappa shape index (κ1) is 12.0. The first-order valence-corrected chi connectivity index (χ1v) is 3.92. The van der Waals surface area contributed by atoms with Crippen molar-refractivity contribution in [2.24, 2.45) is 10.9 Å². The molecule has 1 aromatic heterocycles. The highest BCUT2D eigenvalue weighted by Gasteiger charge is 2.29. The molecule has 0 aliphatic carbocycles. The van der Waals surface area contributed by atoms with Gasteiger partial charge in [-0.25, -0.2) is 9.97 Å². The molecule has 9 heteroatoms. The van der Waals surface area contributed by atoms with Crippen molar-refractivity contribution in [1.29, 1.82) is 0 Å². The van der Waals surface area contributed by atoms with Gasteiger partial charge in [0.25, 0.3) is 0 Å². The molecule has 0 saturated heterocycles. The fourth-order valence-corrected chi connectivity index (χ4v) is 0.804. The number of ether oxygens (including phenoxy) is 1. The first-order valence-electron chi connectivity index (χ1n) is 3.92. The summed E-state index contributed by atoms with van der Waals surface area (Å²) >= 11 is 0. The molecule has 6 nitrogen and oxygen atoms in total. The number of amidine groups is 1. The standard InChI is InChI=1S/C7H7F3N4O2/c8-7(9,10)3-16-6-4(5(11)14-15)12-1-2-13-6/h1-2,15H,3H2,(H2,11,14). The highest BCUT2D eigenvalue weighted by atomic mass is 19.4. The SMILES string of the molecule is NC(=NO)c1nccnc1OCC(F)(F)F. The van der Waals surface area contributed by atoms with E-state index in [0.29, 0.717) is 0 Å². The molecule has 0 atom stereocenters. The second-order valence-electron chi connectivity index (χ2n) is 2.60. The van der Waals surface area contributed by atoms with Crippen LogP contribution in [0.25, 0.3) is 0 Å². The van der Waals surface area contributed by atoms with Crippen molar-refractivity contribution in [2.75, 3.05) is 6.61 Å². The lowest BCUT2D eigenvalue weighted by atomic mass is 10.4. The Kier molecular flexibility index (Phi) is 3.48. The molecule has 0 aromatic carbocycles. The molecule has 1 rings (SSSR count). The third kappa shape index (κ3) is 3.26. The Labute approximate surface area is 87.6 Å². The number of nitrogens with zero attached hydrogens (tertiary/aromatic N) is 3. The normalized spacial score (nSPS) is 12.6. The topological polar surface area (TPSA) is 93.6 Å². The maximum absolute atomic E-state index is 11.9. The smallest absolute Gasteiger partial charge is 0.422 e. The molecule has 0 spiro atoms. The molecule has 0 amide bonds. The summed E-state index contributed by atoms with van der Waals surface area (Å²) in [6.07, 6.45) is -2.20. The minimum absolute atomic E-state index is 0.255. The van der Waals surface area contributed by atoms with Gasteiger partial charge < -0.3 is 15.7 Å².